The van der Waals surface area contributed by atoms with E-state index in [1.54, 1.807) is 0 Å². The molecule has 1 aromatic carbocycles. The molecule has 140 valence electrons. The number of carbonyl (C=O) groups excluding carboxylic acids is 1. The number of phenols is 1. The van der Waals surface area contributed by atoms with Crippen LogP contribution < -0.4 is 5.32 Å². The topological polar surface area (TPSA) is 177 Å². The van der Waals surface area contributed by atoms with E-state index in [1.807, 2.05) is 0 Å². The van der Waals surface area contributed by atoms with Gasteiger partial charge in [0.1, 0.15) is 36.7 Å². The molecule has 4 atom stereocenters. The molecule has 1 heterocycles. The first-order chi connectivity index (χ1) is 11.8. The summed E-state index contributed by atoms with van der Waals surface area (Å²) in [6.45, 7) is -0.844. The normalized spacial score (nSPS) is 25.4. The first-order valence-electron chi connectivity index (χ1n) is 7.32. The van der Waals surface area contributed by atoms with Crippen LogP contribution in [0.25, 0.3) is 0 Å². The number of aliphatic hydroxyl groups excluding tert-OH is 4. The molecule has 0 radical (unpaired) electrons. The average molecular weight is 359 g/mol. The molecule has 1 aliphatic heterocycles. The standard InChI is InChI=1S/C9H9NO4.C6H12O5/c11-7-3-1-2-6(4-7)9(14)10-5-8(12)13;7-1-4-6(10)5(9)3(8)2-11-4/h1-4,11H,5H2,(H,10,14)(H,12,13);3-10H,1-2H2/t;3-,4+,5+,6+/m.0/s1. The number of benzene rings is 1. The fourth-order valence-corrected chi connectivity index (χ4v) is 1.93. The van der Waals surface area contributed by atoms with Gasteiger partial charge in [-0.15, -0.1) is 0 Å². The average Bonchev–Trinajstić information content (AvgIpc) is 2.58. The third-order valence-corrected chi connectivity index (χ3v) is 3.29. The SMILES string of the molecule is O=C(O)CNC(=O)c1cccc(O)c1.OC[C@H]1OC[C@H](O)[C@@H](O)[C@@H]1O. The van der Waals surface area contributed by atoms with Crippen molar-refractivity contribution >= 4 is 11.9 Å². The molecule has 1 fully saturated rings. The maximum Gasteiger partial charge on any atom is 0.322 e. The molecule has 0 aliphatic carbocycles. The molecule has 1 saturated heterocycles. The van der Waals surface area contributed by atoms with E-state index >= 15 is 0 Å². The molecule has 10 heteroatoms. The lowest BCUT2D eigenvalue weighted by Gasteiger charge is -2.34. The molecule has 10 nitrogen and oxygen atoms in total. The lowest BCUT2D eigenvalue weighted by Crippen LogP contribution is -2.53. The van der Waals surface area contributed by atoms with Crippen molar-refractivity contribution in [3.8, 4) is 5.75 Å². The highest BCUT2D eigenvalue weighted by atomic mass is 16.5. The molecule has 7 N–H and O–H groups in total. The number of hydrogen-bond donors (Lipinski definition) is 7. The summed E-state index contributed by atoms with van der Waals surface area (Å²) < 4.78 is 4.81. The molecule has 0 bridgehead atoms. The molecule has 25 heavy (non-hydrogen) atoms. The zero-order chi connectivity index (χ0) is 19.0. The second-order valence-electron chi connectivity index (χ2n) is 5.23. The molecule has 0 saturated carbocycles. The van der Waals surface area contributed by atoms with Crippen molar-refractivity contribution < 1.29 is 45.0 Å². The number of amides is 1. The lowest BCUT2D eigenvalue weighted by atomic mass is 10.0. The Morgan fingerprint density at radius 2 is 1.88 bits per heavy atom. The van der Waals surface area contributed by atoms with E-state index in [4.69, 9.17) is 35.4 Å². The highest BCUT2D eigenvalue weighted by Gasteiger charge is 2.36. The highest BCUT2D eigenvalue weighted by molar-refractivity contribution is 5.96. The molecular weight excluding hydrogens is 338 g/mol. The number of nitrogens with one attached hydrogen (secondary N) is 1. The summed E-state index contributed by atoms with van der Waals surface area (Å²) >= 11 is 0. The Bertz CT molecular complexity index is 578. The number of aliphatic hydroxyl groups is 4. The van der Waals surface area contributed by atoms with Crippen molar-refractivity contribution in [2.45, 2.75) is 24.4 Å². The highest BCUT2D eigenvalue weighted by Crippen LogP contribution is 2.14. The van der Waals surface area contributed by atoms with Crippen LogP contribution in [0.4, 0.5) is 0 Å². The Morgan fingerprint density at radius 1 is 1.20 bits per heavy atom. The summed E-state index contributed by atoms with van der Waals surface area (Å²) in [5.74, 6) is -1.67. The van der Waals surface area contributed by atoms with Crippen LogP contribution in [0.5, 0.6) is 5.75 Å². The van der Waals surface area contributed by atoms with Gasteiger partial charge in [-0.25, -0.2) is 0 Å². The molecule has 1 aliphatic rings. The predicted molar refractivity (Wildman–Crippen MR) is 82.9 cm³/mol. The Kier molecular flexibility index (Phi) is 8.25. The van der Waals surface area contributed by atoms with Crippen LogP contribution in [0, 0.1) is 0 Å². The van der Waals surface area contributed by atoms with Gasteiger partial charge >= 0.3 is 5.97 Å². The molecule has 1 aromatic rings. The summed E-state index contributed by atoms with van der Waals surface area (Å²) in [7, 11) is 0. The van der Waals surface area contributed by atoms with E-state index < -0.39 is 42.8 Å². The van der Waals surface area contributed by atoms with Gasteiger partial charge in [0.2, 0.25) is 0 Å². The Labute approximate surface area is 142 Å². The van der Waals surface area contributed by atoms with Crippen LogP contribution in [0.15, 0.2) is 24.3 Å². The summed E-state index contributed by atoms with van der Waals surface area (Å²) in [4.78, 5) is 21.4. The van der Waals surface area contributed by atoms with Crippen LogP contribution in [0.2, 0.25) is 0 Å². The van der Waals surface area contributed by atoms with Crippen molar-refractivity contribution in [2.75, 3.05) is 19.8 Å². The van der Waals surface area contributed by atoms with Gasteiger partial charge in [-0.1, -0.05) is 6.07 Å². The van der Waals surface area contributed by atoms with Gasteiger partial charge in [0.25, 0.3) is 5.91 Å². The van der Waals surface area contributed by atoms with Gasteiger partial charge in [0.15, 0.2) is 0 Å². The third-order valence-electron chi connectivity index (χ3n) is 3.29. The molecular formula is C15H21NO9. The van der Waals surface area contributed by atoms with Gasteiger partial charge in [0.05, 0.1) is 13.2 Å². The van der Waals surface area contributed by atoms with Crippen molar-refractivity contribution in [1.82, 2.24) is 5.32 Å². The number of carboxylic acid groups (broad SMARTS) is 1. The monoisotopic (exact) mass is 359 g/mol. The largest absolute Gasteiger partial charge is 0.508 e. The van der Waals surface area contributed by atoms with Crippen LogP contribution in [0.1, 0.15) is 10.4 Å². The van der Waals surface area contributed by atoms with Gasteiger partial charge < -0.3 is 40.7 Å². The molecule has 0 aromatic heterocycles. The Hall–Kier alpha value is -2.24. The second-order valence-corrected chi connectivity index (χ2v) is 5.23. The van der Waals surface area contributed by atoms with E-state index in [0.717, 1.165) is 0 Å². The Balaban J connectivity index is 0.000000257. The molecule has 0 unspecified atom stereocenters. The van der Waals surface area contributed by atoms with E-state index in [2.05, 4.69) is 5.32 Å². The number of carbonyl (C=O) groups is 2. The van der Waals surface area contributed by atoms with Crippen molar-refractivity contribution in [2.24, 2.45) is 0 Å². The number of ether oxygens (including phenoxy) is 1. The fourth-order valence-electron chi connectivity index (χ4n) is 1.93. The van der Waals surface area contributed by atoms with Gasteiger partial charge in [0, 0.05) is 5.56 Å². The van der Waals surface area contributed by atoms with Crippen LogP contribution in [-0.2, 0) is 9.53 Å². The summed E-state index contributed by atoms with van der Waals surface area (Å²) in [6.07, 6.45) is -4.27. The van der Waals surface area contributed by atoms with Crippen LogP contribution >= 0.6 is 0 Å². The number of carboxylic acids is 1. The fraction of sp³-hybridized carbons (Fsp3) is 0.467. The molecule has 0 spiro atoms. The maximum absolute atomic E-state index is 11.2. The number of aliphatic carboxylic acids is 1. The predicted octanol–water partition coefficient (Wildman–Crippen LogP) is -2.33. The number of rotatable bonds is 4. The smallest absolute Gasteiger partial charge is 0.322 e. The summed E-state index contributed by atoms with van der Waals surface area (Å²) in [5, 5.41) is 55.2. The third kappa shape index (κ3) is 6.64. The summed E-state index contributed by atoms with van der Waals surface area (Å²) in [5.41, 5.74) is 0.228. The minimum absolute atomic E-state index is 0.0343. The lowest BCUT2D eigenvalue weighted by molar-refractivity contribution is -0.195. The minimum atomic E-state index is -1.22. The van der Waals surface area contributed by atoms with E-state index in [-0.39, 0.29) is 24.5 Å². The van der Waals surface area contributed by atoms with Gasteiger partial charge in [-0.2, -0.15) is 0 Å². The quantitative estimate of drug-likeness (QED) is 0.310. The van der Waals surface area contributed by atoms with Crippen molar-refractivity contribution in [3.63, 3.8) is 0 Å². The Morgan fingerprint density at radius 3 is 2.44 bits per heavy atom. The number of hydrogen-bond acceptors (Lipinski definition) is 8. The molecule has 1 amide bonds. The summed E-state index contributed by atoms with van der Waals surface area (Å²) in [6, 6.07) is 5.67. The van der Waals surface area contributed by atoms with Crippen molar-refractivity contribution in [3.05, 3.63) is 29.8 Å². The van der Waals surface area contributed by atoms with Gasteiger partial charge in [-0.05, 0) is 18.2 Å². The number of aromatic hydroxyl groups is 1. The first kappa shape index (κ1) is 20.8. The number of phenolic OH excluding ortho intramolecular Hbond substituents is 1. The minimum Gasteiger partial charge on any atom is -0.508 e. The zero-order valence-corrected chi connectivity index (χ0v) is 13.1. The van der Waals surface area contributed by atoms with Gasteiger partial charge in [-0.3, -0.25) is 9.59 Å². The van der Waals surface area contributed by atoms with Crippen LogP contribution in [0.3, 0.4) is 0 Å². The first-order valence-corrected chi connectivity index (χ1v) is 7.32. The zero-order valence-electron chi connectivity index (χ0n) is 13.1. The van der Waals surface area contributed by atoms with E-state index in [1.165, 1.54) is 24.3 Å². The maximum atomic E-state index is 11.2. The van der Waals surface area contributed by atoms with E-state index in [0.29, 0.717) is 0 Å². The van der Waals surface area contributed by atoms with E-state index in [9.17, 15) is 9.59 Å². The molecule has 2 rings (SSSR count). The van der Waals surface area contributed by atoms with Crippen LogP contribution in [-0.4, -0.2) is 86.7 Å². The second kappa shape index (κ2) is 9.91. The van der Waals surface area contributed by atoms with Crippen molar-refractivity contribution in [1.29, 1.82) is 0 Å².